The van der Waals surface area contributed by atoms with Crippen molar-refractivity contribution in [3.63, 3.8) is 0 Å². The van der Waals surface area contributed by atoms with Crippen LogP contribution in [0.5, 0.6) is 0 Å². The SMILES string of the molecule is O=[N+](O)On1cncn1. The Labute approximate surface area is 48.9 Å². The molecule has 0 spiro atoms. The van der Waals surface area contributed by atoms with E-state index in [0.717, 1.165) is 12.7 Å². The average molecular weight is 131 g/mol. The van der Waals surface area contributed by atoms with Gasteiger partial charge < -0.3 is 0 Å². The van der Waals surface area contributed by atoms with Crippen molar-refractivity contribution in [1.29, 1.82) is 0 Å². The molecule has 0 saturated heterocycles. The van der Waals surface area contributed by atoms with Crippen molar-refractivity contribution in [3.8, 4) is 0 Å². The molecule has 7 heteroatoms. The van der Waals surface area contributed by atoms with Crippen molar-refractivity contribution in [2.75, 3.05) is 0 Å². The molecule has 1 N–H and O–H groups in total. The van der Waals surface area contributed by atoms with Gasteiger partial charge in [0.15, 0.2) is 6.33 Å². The van der Waals surface area contributed by atoms with Gasteiger partial charge in [-0.15, -0.1) is 0 Å². The Morgan fingerprint density at radius 3 is 3.00 bits per heavy atom. The molecule has 0 radical (unpaired) electrons. The van der Waals surface area contributed by atoms with Crippen molar-refractivity contribution >= 4 is 0 Å². The lowest BCUT2D eigenvalue weighted by Gasteiger charge is -1.79. The quantitative estimate of drug-likeness (QED) is 0.509. The van der Waals surface area contributed by atoms with E-state index in [1.165, 1.54) is 0 Å². The minimum absolute atomic E-state index is 0.701. The lowest BCUT2D eigenvalue weighted by molar-refractivity contribution is -0.969. The van der Waals surface area contributed by atoms with E-state index < -0.39 is 5.09 Å². The van der Waals surface area contributed by atoms with Crippen LogP contribution in [0.3, 0.4) is 0 Å². The van der Waals surface area contributed by atoms with Gasteiger partial charge in [0.05, 0.1) is 4.85 Å². The summed E-state index contributed by atoms with van der Waals surface area (Å²) in [6.45, 7) is 0. The van der Waals surface area contributed by atoms with Gasteiger partial charge in [-0.25, -0.2) is 0 Å². The van der Waals surface area contributed by atoms with E-state index in [9.17, 15) is 4.91 Å². The summed E-state index contributed by atoms with van der Waals surface area (Å²) < 4.78 is 0. The van der Waals surface area contributed by atoms with Gasteiger partial charge in [-0.05, 0) is 10.0 Å². The molecule has 1 rings (SSSR count). The Bertz CT molecular complexity index is 194. The molecule has 0 aromatic carbocycles. The normalized spacial score (nSPS) is 8.89. The standard InChI is InChI=1S/C2H3N4O3/c7-6(8)9-5-2-3-1-4-5/h1-2H,(H,7,8)/q+1. The van der Waals surface area contributed by atoms with E-state index in [4.69, 9.17) is 5.21 Å². The summed E-state index contributed by atoms with van der Waals surface area (Å²) in [5, 5.41) is 10.5. The van der Waals surface area contributed by atoms with Gasteiger partial charge in [0.1, 0.15) is 0 Å². The van der Waals surface area contributed by atoms with Crippen LogP contribution in [0.4, 0.5) is 0 Å². The molecule has 9 heavy (non-hydrogen) atoms. The fourth-order valence-electron chi connectivity index (χ4n) is 0.311. The van der Waals surface area contributed by atoms with Crippen LogP contribution in [0.2, 0.25) is 0 Å². The predicted octanol–water partition coefficient (Wildman–Crippen LogP) is -1.21. The van der Waals surface area contributed by atoms with Crippen LogP contribution in [0.1, 0.15) is 0 Å². The van der Waals surface area contributed by atoms with Crippen molar-refractivity contribution < 1.29 is 15.2 Å². The highest BCUT2D eigenvalue weighted by atomic mass is 17.0. The summed E-state index contributed by atoms with van der Waals surface area (Å²) in [4.78, 5) is 17.7. The lowest BCUT2D eigenvalue weighted by atomic mass is 11.3. The molecule has 1 heterocycles. The van der Waals surface area contributed by atoms with E-state index in [0.29, 0.717) is 4.85 Å². The van der Waals surface area contributed by atoms with E-state index >= 15 is 0 Å². The summed E-state index contributed by atoms with van der Waals surface area (Å²) in [5.74, 6) is 0. The fourth-order valence-corrected chi connectivity index (χ4v) is 0.311. The summed E-state index contributed by atoms with van der Waals surface area (Å²) in [6.07, 6.45) is 2.27. The van der Waals surface area contributed by atoms with E-state index in [2.05, 4.69) is 15.0 Å². The number of aromatic nitrogens is 3. The number of rotatable bonds is 2. The van der Waals surface area contributed by atoms with Crippen LogP contribution < -0.4 is 4.94 Å². The highest BCUT2D eigenvalue weighted by Gasteiger charge is 2.04. The molecule has 0 atom stereocenters. The highest BCUT2D eigenvalue weighted by Crippen LogP contribution is 1.71. The second kappa shape index (κ2) is 2.07. The molecule has 0 aliphatic carbocycles. The Hall–Kier alpha value is -1.66. The maximum Gasteiger partial charge on any atom is 0.362 e. The highest BCUT2D eigenvalue weighted by molar-refractivity contribution is 4.47. The Kier molecular flexibility index (Phi) is 1.26. The molecule has 0 aliphatic heterocycles. The van der Waals surface area contributed by atoms with Crippen molar-refractivity contribution in [2.24, 2.45) is 0 Å². The average Bonchev–Trinajstić information content (AvgIpc) is 2.15. The summed E-state index contributed by atoms with van der Waals surface area (Å²) in [6, 6.07) is 0. The topological polar surface area (TPSA) is 80.3 Å². The molecule has 48 valence electrons. The molecule has 0 fully saturated rings. The van der Waals surface area contributed by atoms with Crippen molar-refractivity contribution in [3.05, 3.63) is 17.6 Å². The van der Waals surface area contributed by atoms with Crippen LogP contribution in [-0.4, -0.2) is 25.2 Å². The van der Waals surface area contributed by atoms with Crippen LogP contribution in [0.15, 0.2) is 12.7 Å². The maximum atomic E-state index is 9.67. The fraction of sp³-hybridized carbons (Fsp3) is 0. The van der Waals surface area contributed by atoms with Gasteiger partial charge in [-0.1, -0.05) is 0 Å². The zero-order valence-corrected chi connectivity index (χ0v) is 4.21. The Balaban J connectivity index is 2.58. The molecule has 1 aromatic heterocycles. The van der Waals surface area contributed by atoms with Gasteiger partial charge in [0.25, 0.3) is 6.33 Å². The van der Waals surface area contributed by atoms with Crippen molar-refractivity contribution in [1.82, 2.24) is 14.9 Å². The molecule has 0 saturated carbocycles. The maximum absolute atomic E-state index is 9.67. The first-order valence-electron chi connectivity index (χ1n) is 1.98. The van der Waals surface area contributed by atoms with Crippen molar-refractivity contribution in [2.45, 2.75) is 0 Å². The largest absolute Gasteiger partial charge is 0.362 e. The third-order valence-electron chi connectivity index (χ3n) is 0.551. The second-order valence-corrected chi connectivity index (χ2v) is 1.12. The van der Waals surface area contributed by atoms with E-state index in [1.54, 1.807) is 0 Å². The molecular weight excluding hydrogens is 128 g/mol. The summed E-state index contributed by atoms with van der Waals surface area (Å²) in [5.41, 5.74) is 0. The monoisotopic (exact) mass is 131 g/mol. The molecule has 0 aliphatic rings. The van der Waals surface area contributed by atoms with Crippen LogP contribution >= 0.6 is 0 Å². The third kappa shape index (κ3) is 1.37. The first-order chi connectivity index (χ1) is 4.29. The minimum atomic E-state index is -0.728. The molecule has 0 bridgehead atoms. The van der Waals surface area contributed by atoms with Gasteiger partial charge in [-0.2, -0.15) is 4.98 Å². The van der Waals surface area contributed by atoms with Crippen LogP contribution in [-0.2, 0) is 0 Å². The molecule has 0 unspecified atom stereocenters. The van der Waals surface area contributed by atoms with Crippen LogP contribution in [0.25, 0.3) is 0 Å². The summed E-state index contributed by atoms with van der Waals surface area (Å²) in [7, 11) is 0. The van der Waals surface area contributed by atoms with Gasteiger partial charge in [0, 0.05) is 4.91 Å². The first kappa shape index (κ1) is 5.48. The van der Waals surface area contributed by atoms with Crippen LogP contribution in [0, 0.1) is 4.91 Å². The molecule has 7 nitrogen and oxygen atoms in total. The minimum Gasteiger partial charge on any atom is -0.281 e. The predicted molar refractivity (Wildman–Crippen MR) is 22.0 cm³/mol. The number of nitrogens with zero attached hydrogens (tertiary/aromatic N) is 4. The number of hydrogen-bond donors (Lipinski definition) is 1. The summed E-state index contributed by atoms with van der Waals surface area (Å²) >= 11 is 0. The Morgan fingerprint density at radius 2 is 2.56 bits per heavy atom. The zero-order valence-electron chi connectivity index (χ0n) is 4.21. The molecule has 0 amide bonds. The Morgan fingerprint density at radius 1 is 1.78 bits per heavy atom. The lowest BCUT2D eigenvalue weighted by Crippen LogP contribution is -2.19. The van der Waals surface area contributed by atoms with Gasteiger partial charge in [0.2, 0.25) is 0 Å². The first-order valence-corrected chi connectivity index (χ1v) is 1.98. The number of hydrogen-bond acceptors (Lipinski definition) is 4. The zero-order chi connectivity index (χ0) is 6.69. The third-order valence-corrected chi connectivity index (χ3v) is 0.551. The van der Waals surface area contributed by atoms with Gasteiger partial charge in [-0.3, -0.25) is 5.21 Å². The smallest absolute Gasteiger partial charge is 0.281 e. The molecule has 1 aromatic rings. The van der Waals surface area contributed by atoms with Gasteiger partial charge >= 0.3 is 5.09 Å². The molecular formula is C2H3N4O3+. The van der Waals surface area contributed by atoms with E-state index in [-0.39, 0.29) is 0 Å². The van der Waals surface area contributed by atoms with E-state index in [1.807, 2.05) is 0 Å². The second-order valence-electron chi connectivity index (χ2n) is 1.12.